The second kappa shape index (κ2) is 9.92. The quantitative estimate of drug-likeness (QED) is 0.292. The molecule has 0 aliphatic rings. The molecule has 0 heterocycles. The maximum Gasteiger partial charge on any atom is 0.308 e. The molecule has 0 saturated carbocycles. The molecular weight excluding hydrogens is 427 g/mol. The summed E-state index contributed by atoms with van der Waals surface area (Å²) in [4.78, 5) is 11.8. The zero-order valence-corrected chi connectivity index (χ0v) is 18.5. The Morgan fingerprint density at radius 1 is 0.767 bits per heavy atom. The highest BCUT2D eigenvalue weighted by Crippen LogP contribution is 2.52. The third kappa shape index (κ3) is 4.91. The van der Waals surface area contributed by atoms with E-state index in [0.717, 1.165) is 5.56 Å². The zero-order chi connectivity index (χ0) is 21.7. The van der Waals surface area contributed by atoms with Gasteiger partial charge in [-0.3, -0.25) is 4.79 Å². The van der Waals surface area contributed by atoms with Crippen LogP contribution in [0.2, 0.25) is 10.0 Å². The highest BCUT2D eigenvalue weighted by molar-refractivity contribution is 6.31. The van der Waals surface area contributed by atoms with Crippen molar-refractivity contribution in [1.29, 1.82) is 0 Å². The Balaban J connectivity index is 2.21. The van der Waals surface area contributed by atoms with Crippen LogP contribution < -0.4 is 18.9 Å². The fraction of sp³-hybridized carbons (Fsp3) is 0.261. The molecule has 3 aromatic carbocycles. The van der Waals surface area contributed by atoms with Crippen molar-refractivity contribution in [2.75, 3.05) is 13.2 Å². The summed E-state index contributed by atoms with van der Waals surface area (Å²) < 4.78 is 23.4. The minimum atomic E-state index is -0.468. The van der Waals surface area contributed by atoms with Crippen LogP contribution in [0.1, 0.15) is 26.3 Å². The fourth-order valence-electron chi connectivity index (χ4n) is 3.03. The van der Waals surface area contributed by atoms with Gasteiger partial charge in [0.15, 0.2) is 11.5 Å². The van der Waals surface area contributed by atoms with Crippen LogP contribution in [0.15, 0.2) is 42.5 Å². The lowest BCUT2D eigenvalue weighted by Gasteiger charge is -2.21. The summed E-state index contributed by atoms with van der Waals surface area (Å²) in [5.74, 6) is 0.946. The predicted molar refractivity (Wildman–Crippen MR) is 118 cm³/mol. The van der Waals surface area contributed by atoms with Gasteiger partial charge in [-0.25, -0.2) is 0 Å². The number of benzene rings is 3. The summed E-state index contributed by atoms with van der Waals surface area (Å²) in [6.45, 7) is 6.02. The van der Waals surface area contributed by atoms with Gasteiger partial charge in [0.2, 0.25) is 11.5 Å². The van der Waals surface area contributed by atoms with Gasteiger partial charge < -0.3 is 18.9 Å². The van der Waals surface area contributed by atoms with Gasteiger partial charge in [0, 0.05) is 27.7 Å². The van der Waals surface area contributed by atoms with E-state index in [-0.39, 0.29) is 12.4 Å². The summed E-state index contributed by atoms with van der Waals surface area (Å²) in [5, 5.41) is 2.45. The van der Waals surface area contributed by atoms with Crippen LogP contribution >= 0.6 is 23.2 Å². The van der Waals surface area contributed by atoms with E-state index in [9.17, 15) is 4.79 Å². The highest BCUT2D eigenvalue weighted by atomic mass is 35.5. The number of fused-ring (bicyclic) bond motifs is 1. The van der Waals surface area contributed by atoms with Crippen molar-refractivity contribution in [3.63, 3.8) is 0 Å². The van der Waals surface area contributed by atoms with Crippen molar-refractivity contribution < 1.29 is 23.7 Å². The molecule has 5 nitrogen and oxygen atoms in total. The van der Waals surface area contributed by atoms with E-state index in [0.29, 0.717) is 51.3 Å². The van der Waals surface area contributed by atoms with Gasteiger partial charge in [0.1, 0.15) is 6.61 Å². The second-order valence-corrected chi connectivity index (χ2v) is 7.25. The Morgan fingerprint density at radius 3 is 1.97 bits per heavy atom. The number of hydrogen-bond acceptors (Lipinski definition) is 5. The van der Waals surface area contributed by atoms with E-state index in [1.165, 1.54) is 6.92 Å². The van der Waals surface area contributed by atoms with Gasteiger partial charge >= 0.3 is 5.97 Å². The molecule has 0 aliphatic carbocycles. The summed E-state index contributed by atoms with van der Waals surface area (Å²) in [5.41, 5.74) is 0.930. The standard InChI is InChI=1S/C23H22Cl2O5/c1-4-27-22-20(29-13-15-6-8-16(24)9-7-15)19-12-17(25)10-11-18(19)21(30-14(3)26)23(22)28-5-2/h6-12H,4-5,13H2,1-3H3. The van der Waals surface area contributed by atoms with Crippen molar-refractivity contribution in [2.24, 2.45) is 0 Å². The first-order valence-electron chi connectivity index (χ1n) is 9.55. The molecule has 0 bridgehead atoms. The van der Waals surface area contributed by atoms with Crippen LogP contribution in [-0.2, 0) is 11.4 Å². The van der Waals surface area contributed by atoms with Gasteiger partial charge in [-0.1, -0.05) is 35.3 Å². The topological polar surface area (TPSA) is 54.0 Å². The fourth-order valence-corrected chi connectivity index (χ4v) is 3.33. The van der Waals surface area contributed by atoms with E-state index < -0.39 is 5.97 Å². The van der Waals surface area contributed by atoms with E-state index in [2.05, 4.69) is 0 Å². The van der Waals surface area contributed by atoms with Gasteiger partial charge in [-0.2, -0.15) is 0 Å². The van der Waals surface area contributed by atoms with Crippen LogP contribution in [0.25, 0.3) is 10.8 Å². The Bertz CT molecular complexity index is 1050. The molecule has 3 rings (SSSR count). The molecule has 3 aromatic rings. The van der Waals surface area contributed by atoms with E-state index in [1.807, 2.05) is 26.0 Å². The van der Waals surface area contributed by atoms with Crippen molar-refractivity contribution >= 4 is 39.9 Å². The molecule has 0 unspecified atom stereocenters. The summed E-state index contributed by atoms with van der Waals surface area (Å²) in [6, 6.07) is 12.6. The normalized spacial score (nSPS) is 10.7. The monoisotopic (exact) mass is 448 g/mol. The number of rotatable bonds is 8. The maximum absolute atomic E-state index is 11.8. The van der Waals surface area contributed by atoms with Crippen molar-refractivity contribution in [2.45, 2.75) is 27.4 Å². The van der Waals surface area contributed by atoms with Gasteiger partial charge in [0.05, 0.1) is 13.2 Å². The molecule has 158 valence electrons. The molecule has 0 N–H and O–H groups in total. The number of halogens is 2. The molecule has 30 heavy (non-hydrogen) atoms. The smallest absolute Gasteiger partial charge is 0.308 e. The van der Waals surface area contributed by atoms with E-state index >= 15 is 0 Å². The number of esters is 1. The summed E-state index contributed by atoms with van der Waals surface area (Å²) in [6.07, 6.45) is 0. The molecule has 0 saturated heterocycles. The predicted octanol–water partition coefficient (Wildman–Crippen LogP) is 6.45. The van der Waals surface area contributed by atoms with Crippen LogP contribution in [0.5, 0.6) is 23.0 Å². The second-order valence-electron chi connectivity index (χ2n) is 6.38. The molecular formula is C23H22Cl2O5. The minimum Gasteiger partial charge on any atom is -0.487 e. The first-order valence-corrected chi connectivity index (χ1v) is 10.3. The molecule has 0 fully saturated rings. The van der Waals surface area contributed by atoms with Gasteiger partial charge in [-0.15, -0.1) is 0 Å². The van der Waals surface area contributed by atoms with Crippen molar-refractivity contribution in [3.05, 3.63) is 58.1 Å². The lowest BCUT2D eigenvalue weighted by molar-refractivity contribution is -0.131. The lowest BCUT2D eigenvalue weighted by Crippen LogP contribution is -2.08. The molecule has 0 radical (unpaired) electrons. The molecule has 0 aliphatic heterocycles. The molecule has 0 spiro atoms. The largest absolute Gasteiger partial charge is 0.487 e. The molecule has 7 heteroatoms. The highest BCUT2D eigenvalue weighted by Gasteiger charge is 2.26. The van der Waals surface area contributed by atoms with Gasteiger partial charge in [0.25, 0.3) is 0 Å². The van der Waals surface area contributed by atoms with Crippen LogP contribution in [0.4, 0.5) is 0 Å². The van der Waals surface area contributed by atoms with Crippen molar-refractivity contribution in [1.82, 2.24) is 0 Å². The molecule has 0 aromatic heterocycles. The molecule has 0 amide bonds. The lowest BCUT2D eigenvalue weighted by atomic mass is 10.1. The first-order chi connectivity index (χ1) is 14.4. The maximum atomic E-state index is 11.8. The number of ether oxygens (including phenoxy) is 4. The van der Waals surface area contributed by atoms with E-state index in [1.54, 1.807) is 30.3 Å². The Kier molecular flexibility index (Phi) is 7.29. The first kappa shape index (κ1) is 22.1. The third-order valence-corrected chi connectivity index (χ3v) is 4.70. The molecule has 0 atom stereocenters. The summed E-state index contributed by atoms with van der Waals surface area (Å²) >= 11 is 12.2. The van der Waals surface area contributed by atoms with Crippen LogP contribution in [0.3, 0.4) is 0 Å². The average molecular weight is 449 g/mol. The third-order valence-electron chi connectivity index (χ3n) is 4.21. The SMILES string of the molecule is CCOc1c(OCC)c(OC(C)=O)c2ccc(Cl)cc2c1OCc1ccc(Cl)cc1. The summed E-state index contributed by atoms with van der Waals surface area (Å²) in [7, 11) is 0. The minimum absolute atomic E-state index is 0.275. The Morgan fingerprint density at radius 2 is 1.37 bits per heavy atom. The van der Waals surface area contributed by atoms with E-state index in [4.69, 9.17) is 42.1 Å². The van der Waals surface area contributed by atoms with Crippen molar-refractivity contribution in [3.8, 4) is 23.0 Å². The van der Waals surface area contributed by atoms with Crippen LogP contribution in [0, 0.1) is 0 Å². The Hall–Kier alpha value is -2.63. The number of hydrogen-bond donors (Lipinski definition) is 0. The number of carbonyl (C=O) groups excluding carboxylic acids is 1. The van der Waals surface area contributed by atoms with Gasteiger partial charge in [-0.05, 0) is 49.7 Å². The number of carbonyl (C=O) groups is 1. The zero-order valence-electron chi connectivity index (χ0n) is 17.0. The average Bonchev–Trinajstić information content (AvgIpc) is 2.71. The van der Waals surface area contributed by atoms with Crippen LogP contribution in [-0.4, -0.2) is 19.2 Å². The Labute approximate surface area is 185 Å².